The van der Waals surface area contributed by atoms with Crippen LogP contribution in [0.4, 0.5) is 0 Å². The van der Waals surface area contributed by atoms with Gasteiger partial charge in [-0.3, -0.25) is 0 Å². The summed E-state index contributed by atoms with van der Waals surface area (Å²) in [5, 5.41) is 9.69. The molecule has 0 aromatic heterocycles. The third-order valence-electron chi connectivity index (χ3n) is 5.87. The van der Waals surface area contributed by atoms with Crippen molar-refractivity contribution in [2.45, 2.75) is 56.6 Å². The molecule has 0 unspecified atom stereocenters. The molecule has 1 aromatic carbocycles. The van der Waals surface area contributed by atoms with Gasteiger partial charge < -0.3 is 14.7 Å². The zero-order valence-corrected chi connectivity index (χ0v) is 18.8. The van der Waals surface area contributed by atoms with Crippen LogP contribution in [0, 0.1) is 5.92 Å². The quantitative estimate of drug-likeness (QED) is 0.790. The largest absolute Gasteiger partial charge is 0.487 e. The topological polar surface area (TPSA) is 70.1 Å². The van der Waals surface area contributed by atoms with Crippen LogP contribution in [0.5, 0.6) is 5.75 Å². The van der Waals surface area contributed by atoms with Gasteiger partial charge in [0, 0.05) is 25.0 Å². The second kappa shape index (κ2) is 9.16. The molecular weight excluding hydrogens is 388 g/mol. The smallest absolute Gasteiger partial charge is 0.247 e. The van der Waals surface area contributed by atoms with Crippen LogP contribution in [0.2, 0.25) is 0 Å². The summed E-state index contributed by atoms with van der Waals surface area (Å²) in [7, 11) is 0.209. The molecule has 0 radical (unpaired) electrons. The van der Waals surface area contributed by atoms with Gasteiger partial charge in [0.05, 0.1) is 6.61 Å². The zero-order chi connectivity index (χ0) is 21.2. The van der Waals surface area contributed by atoms with Gasteiger partial charge in [-0.15, -0.1) is 0 Å². The van der Waals surface area contributed by atoms with Gasteiger partial charge in [0.15, 0.2) is 0 Å². The lowest BCUT2D eigenvalue weighted by molar-refractivity contribution is 0.0812. The first-order valence-electron chi connectivity index (χ1n) is 10.5. The average molecular weight is 423 g/mol. The van der Waals surface area contributed by atoms with Crippen molar-refractivity contribution >= 4 is 15.6 Å². The highest BCUT2D eigenvalue weighted by molar-refractivity contribution is 7.89. The second-order valence-electron chi connectivity index (χ2n) is 8.64. The molecule has 0 amide bonds. The fourth-order valence-electron chi connectivity index (χ4n) is 4.10. The molecule has 162 valence electrons. The summed E-state index contributed by atoms with van der Waals surface area (Å²) in [6.07, 6.45) is 6.54. The summed E-state index contributed by atoms with van der Waals surface area (Å²) in [6.45, 7) is 4.54. The number of aliphatic hydroxyl groups is 1. The molecule has 0 saturated carbocycles. The minimum absolute atomic E-state index is 0.0214. The number of nitrogens with zero attached hydrogens (tertiary/aromatic N) is 2. The van der Waals surface area contributed by atoms with Crippen molar-refractivity contribution in [2.24, 2.45) is 5.92 Å². The molecule has 29 heavy (non-hydrogen) atoms. The molecular formula is C22H34N2O4S. The maximum atomic E-state index is 13.4. The summed E-state index contributed by atoms with van der Waals surface area (Å²) >= 11 is 0. The number of rotatable bonds is 5. The zero-order valence-electron chi connectivity index (χ0n) is 18.0. The van der Waals surface area contributed by atoms with E-state index in [2.05, 4.69) is 11.0 Å². The average Bonchev–Trinajstić information content (AvgIpc) is 2.70. The molecule has 0 fully saturated rings. The number of benzene rings is 1. The molecule has 1 heterocycles. The lowest BCUT2D eigenvalue weighted by Gasteiger charge is -2.37. The minimum atomic E-state index is -3.77. The maximum Gasteiger partial charge on any atom is 0.247 e. The Balaban J connectivity index is 2.10. The Kier molecular flexibility index (Phi) is 7.04. The Labute approximate surface area is 175 Å². The third-order valence-corrected chi connectivity index (χ3v) is 7.89. The second-order valence-corrected chi connectivity index (χ2v) is 10.5. The first-order chi connectivity index (χ1) is 13.7. The van der Waals surface area contributed by atoms with E-state index in [-0.39, 0.29) is 23.5 Å². The van der Waals surface area contributed by atoms with Crippen molar-refractivity contribution in [1.82, 2.24) is 9.21 Å². The van der Waals surface area contributed by atoms with Gasteiger partial charge in [-0.1, -0.05) is 19.1 Å². The third kappa shape index (κ3) is 4.85. The molecule has 1 aliphatic carbocycles. The van der Waals surface area contributed by atoms with Crippen molar-refractivity contribution in [3.05, 3.63) is 29.8 Å². The Morgan fingerprint density at radius 1 is 1.31 bits per heavy atom. The van der Waals surface area contributed by atoms with E-state index in [9.17, 15) is 13.5 Å². The monoisotopic (exact) mass is 422 g/mol. The van der Waals surface area contributed by atoms with E-state index in [0.29, 0.717) is 18.8 Å². The number of fused-ring (bicyclic) bond motifs is 1. The first kappa shape index (κ1) is 22.3. The number of hydrogen-bond donors (Lipinski definition) is 1. The Morgan fingerprint density at radius 3 is 2.69 bits per heavy atom. The van der Waals surface area contributed by atoms with Crippen LogP contribution in [0.15, 0.2) is 29.2 Å². The normalized spacial score (nSPS) is 26.1. The summed E-state index contributed by atoms with van der Waals surface area (Å²) < 4.78 is 34.7. The van der Waals surface area contributed by atoms with E-state index in [0.717, 1.165) is 24.8 Å². The van der Waals surface area contributed by atoms with Crippen molar-refractivity contribution in [3.8, 4) is 5.75 Å². The number of hydrogen-bond acceptors (Lipinski definition) is 5. The highest BCUT2D eigenvalue weighted by Gasteiger charge is 2.38. The van der Waals surface area contributed by atoms with Gasteiger partial charge in [0.2, 0.25) is 10.0 Å². The molecule has 0 spiro atoms. The van der Waals surface area contributed by atoms with E-state index in [4.69, 9.17) is 4.74 Å². The van der Waals surface area contributed by atoms with E-state index in [1.807, 2.05) is 33.2 Å². The molecule has 1 aliphatic heterocycles. The number of sulfonamides is 1. The van der Waals surface area contributed by atoms with Gasteiger partial charge in [0.25, 0.3) is 0 Å². The SMILES string of the molecule is C[C@@H]1CN([C@@H](C)CO)S(=O)(=O)c2ccc(C3=CCCCC3)cc2O[C@@H]1CN(C)C. The standard InChI is InChI=1S/C22H34N2O4S/c1-16-13-24(17(2)15-25)29(26,27)22-11-10-19(18-8-6-5-7-9-18)12-20(22)28-21(16)14-23(3)4/h8,10-12,16-17,21,25H,5-7,9,13-15H2,1-4H3/t16-,17+,21-/m1/s1. The van der Waals surface area contributed by atoms with E-state index < -0.39 is 16.1 Å². The van der Waals surface area contributed by atoms with Crippen LogP contribution >= 0.6 is 0 Å². The molecule has 3 rings (SSSR count). The van der Waals surface area contributed by atoms with Crippen LogP contribution < -0.4 is 4.74 Å². The molecule has 0 saturated heterocycles. The van der Waals surface area contributed by atoms with Gasteiger partial charge in [-0.05, 0) is 70.0 Å². The van der Waals surface area contributed by atoms with Crippen molar-refractivity contribution in [3.63, 3.8) is 0 Å². The fraction of sp³-hybridized carbons (Fsp3) is 0.636. The molecule has 6 nitrogen and oxygen atoms in total. The Hall–Kier alpha value is -1.41. The van der Waals surface area contributed by atoms with Crippen molar-refractivity contribution in [2.75, 3.05) is 33.8 Å². The molecule has 1 N–H and O–H groups in total. The van der Waals surface area contributed by atoms with Crippen LogP contribution in [-0.4, -0.2) is 68.7 Å². The number of aliphatic hydroxyl groups excluding tert-OH is 1. The molecule has 7 heteroatoms. The lowest BCUT2D eigenvalue weighted by atomic mass is 9.93. The van der Waals surface area contributed by atoms with E-state index in [1.165, 1.54) is 16.3 Å². The van der Waals surface area contributed by atoms with Gasteiger partial charge in [-0.25, -0.2) is 8.42 Å². The highest BCUT2D eigenvalue weighted by Crippen LogP contribution is 2.37. The van der Waals surface area contributed by atoms with E-state index >= 15 is 0 Å². The molecule has 3 atom stereocenters. The van der Waals surface area contributed by atoms with Crippen LogP contribution in [-0.2, 0) is 10.0 Å². The van der Waals surface area contributed by atoms with Gasteiger partial charge >= 0.3 is 0 Å². The Bertz CT molecular complexity index is 850. The predicted molar refractivity (Wildman–Crippen MR) is 115 cm³/mol. The summed E-state index contributed by atoms with van der Waals surface area (Å²) in [4.78, 5) is 2.25. The van der Waals surface area contributed by atoms with Crippen molar-refractivity contribution in [1.29, 1.82) is 0 Å². The predicted octanol–water partition coefficient (Wildman–Crippen LogP) is 2.97. The lowest BCUT2D eigenvalue weighted by Crippen LogP contribution is -2.49. The number of ether oxygens (including phenoxy) is 1. The number of allylic oxidation sites excluding steroid dienone is 2. The first-order valence-corrected chi connectivity index (χ1v) is 12.0. The van der Waals surface area contributed by atoms with Crippen molar-refractivity contribution < 1.29 is 18.3 Å². The summed E-state index contributed by atoms with van der Waals surface area (Å²) in [5.74, 6) is 0.398. The summed E-state index contributed by atoms with van der Waals surface area (Å²) in [6, 6.07) is 4.97. The summed E-state index contributed by atoms with van der Waals surface area (Å²) in [5.41, 5.74) is 2.30. The molecule has 1 aromatic rings. The maximum absolute atomic E-state index is 13.4. The molecule has 0 bridgehead atoms. The van der Waals surface area contributed by atoms with Crippen LogP contribution in [0.1, 0.15) is 45.1 Å². The van der Waals surface area contributed by atoms with E-state index in [1.54, 1.807) is 13.0 Å². The van der Waals surface area contributed by atoms with Gasteiger partial charge in [0.1, 0.15) is 16.7 Å². The molecule has 2 aliphatic rings. The highest BCUT2D eigenvalue weighted by atomic mass is 32.2. The minimum Gasteiger partial charge on any atom is -0.487 e. The van der Waals surface area contributed by atoms with Crippen LogP contribution in [0.25, 0.3) is 5.57 Å². The van der Waals surface area contributed by atoms with Gasteiger partial charge in [-0.2, -0.15) is 4.31 Å². The van der Waals surface area contributed by atoms with Crippen LogP contribution in [0.3, 0.4) is 0 Å². The number of likely N-dealkylation sites (N-methyl/N-ethyl adjacent to an activating group) is 1. The Morgan fingerprint density at radius 2 is 2.07 bits per heavy atom. The fourth-order valence-corrected chi connectivity index (χ4v) is 5.93.